The van der Waals surface area contributed by atoms with E-state index in [9.17, 15) is 0 Å². The number of hydrogen-bond donors (Lipinski definition) is 1. The van der Waals surface area contributed by atoms with E-state index in [4.69, 9.17) is 4.74 Å². The average Bonchev–Trinajstić information content (AvgIpc) is 2.87. The number of methoxy groups -OCH3 is 1. The van der Waals surface area contributed by atoms with Crippen LogP contribution in [0.3, 0.4) is 0 Å². The minimum Gasteiger partial charge on any atom is -0.383 e. The predicted molar refractivity (Wildman–Crippen MR) is 82.8 cm³/mol. The standard InChI is InChI=1S/C15H21N3OS/c1-18-8-6-17-15(18)12-20-14-5-3-4-13(10-14)11-16-7-9-19-2/h3-6,8,10,16H,7,9,11-12H2,1-2H3. The molecule has 0 bridgehead atoms. The highest BCUT2D eigenvalue weighted by Crippen LogP contribution is 2.22. The van der Waals surface area contributed by atoms with Gasteiger partial charge in [-0.2, -0.15) is 0 Å². The fourth-order valence-corrected chi connectivity index (χ4v) is 2.82. The van der Waals surface area contributed by atoms with E-state index >= 15 is 0 Å². The highest BCUT2D eigenvalue weighted by atomic mass is 32.2. The Hall–Kier alpha value is -1.30. The Morgan fingerprint density at radius 1 is 1.40 bits per heavy atom. The highest BCUT2D eigenvalue weighted by Gasteiger charge is 2.02. The topological polar surface area (TPSA) is 39.1 Å². The lowest BCUT2D eigenvalue weighted by atomic mass is 10.2. The van der Waals surface area contributed by atoms with E-state index in [1.54, 1.807) is 7.11 Å². The van der Waals surface area contributed by atoms with E-state index in [0.29, 0.717) is 0 Å². The highest BCUT2D eigenvalue weighted by molar-refractivity contribution is 7.98. The molecule has 108 valence electrons. The summed E-state index contributed by atoms with van der Waals surface area (Å²) in [5.41, 5.74) is 1.30. The van der Waals surface area contributed by atoms with Crippen molar-refractivity contribution in [1.82, 2.24) is 14.9 Å². The number of imidazole rings is 1. The molecule has 4 nitrogen and oxygen atoms in total. The number of nitrogens with one attached hydrogen (secondary N) is 1. The number of ether oxygens (including phenoxy) is 1. The number of benzene rings is 1. The fraction of sp³-hybridized carbons (Fsp3) is 0.400. The smallest absolute Gasteiger partial charge is 0.118 e. The molecule has 0 amide bonds. The lowest BCUT2D eigenvalue weighted by Crippen LogP contribution is -2.18. The molecule has 0 radical (unpaired) electrons. The number of aromatic nitrogens is 2. The van der Waals surface area contributed by atoms with Gasteiger partial charge in [0.25, 0.3) is 0 Å². The van der Waals surface area contributed by atoms with Crippen LogP contribution in [0.2, 0.25) is 0 Å². The average molecular weight is 291 g/mol. The number of nitrogens with zero attached hydrogens (tertiary/aromatic N) is 2. The van der Waals surface area contributed by atoms with E-state index < -0.39 is 0 Å². The third kappa shape index (κ3) is 4.67. The Morgan fingerprint density at radius 2 is 2.30 bits per heavy atom. The van der Waals surface area contributed by atoms with Gasteiger partial charge in [0.2, 0.25) is 0 Å². The summed E-state index contributed by atoms with van der Waals surface area (Å²) >= 11 is 1.81. The summed E-state index contributed by atoms with van der Waals surface area (Å²) in [6.45, 7) is 2.49. The number of aryl methyl sites for hydroxylation is 1. The minimum absolute atomic E-state index is 0.744. The summed E-state index contributed by atoms with van der Waals surface area (Å²) in [6.07, 6.45) is 3.82. The van der Waals surface area contributed by atoms with Crippen molar-refractivity contribution in [3.63, 3.8) is 0 Å². The van der Waals surface area contributed by atoms with Gasteiger partial charge in [-0.3, -0.25) is 0 Å². The molecule has 0 fully saturated rings. The largest absolute Gasteiger partial charge is 0.383 e. The Balaban J connectivity index is 1.84. The second kappa shape index (κ2) is 8.09. The molecule has 2 aromatic rings. The molecule has 5 heteroatoms. The van der Waals surface area contributed by atoms with Gasteiger partial charge in [0.1, 0.15) is 5.82 Å². The predicted octanol–water partition coefficient (Wildman–Crippen LogP) is 2.45. The molecule has 0 atom stereocenters. The van der Waals surface area contributed by atoms with Crippen LogP contribution in [0.5, 0.6) is 0 Å². The lowest BCUT2D eigenvalue weighted by molar-refractivity contribution is 0.199. The van der Waals surface area contributed by atoms with Crippen molar-refractivity contribution in [3.05, 3.63) is 48.0 Å². The molecule has 1 heterocycles. The van der Waals surface area contributed by atoms with E-state index in [0.717, 1.165) is 31.3 Å². The minimum atomic E-state index is 0.744. The van der Waals surface area contributed by atoms with Crippen molar-refractivity contribution in [3.8, 4) is 0 Å². The van der Waals surface area contributed by atoms with E-state index in [1.807, 2.05) is 31.2 Å². The van der Waals surface area contributed by atoms with Gasteiger partial charge in [0, 0.05) is 44.5 Å². The first-order valence-electron chi connectivity index (χ1n) is 6.67. The summed E-state index contributed by atoms with van der Waals surface area (Å²) in [4.78, 5) is 5.62. The van der Waals surface area contributed by atoms with Crippen LogP contribution in [0, 0.1) is 0 Å². The van der Waals surface area contributed by atoms with E-state index in [-0.39, 0.29) is 0 Å². The number of hydrogen-bond acceptors (Lipinski definition) is 4. The summed E-state index contributed by atoms with van der Waals surface area (Å²) in [6, 6.07) is 8.62. The summed E-state index contributed by atoms with van der Waals surface area (Å²) < 4.78 is 7.08. The second-order valence-electron chi connectivity index (χ2n) is 4.56. The quantitative estimate of drug-likeness (QED) is 0.599. The molecule has 0 saturated heterocycles. The van der Waals surface area contributed by atoms with Crippen LogP contribution in [0.1, 0.15) is 11.4 Å². The SMILES string of the molecule is COCCNCc1cccc(SCc2nccn2C)c1. The number of thioether (sulfide) groups is 1. The van der Waals surface area contributed by atoms with Gasteiger partial charge in [-0.25, -0.2) is 4.98 Å². The second-order valence-corrected chi connectivity index (χ2v) is 5.61. The molecule has 0 spiro atoms. The van der Waals surface area contributed by atoms with Crippen LogP contribution in [-0.2, 0) is 24.1 Å². The van der Waals surface area contributed by atoms with Gasteiger partial charge in [-0.15, -0.1) is 11.8 Å². The van der Waals surface area contributed by atoms with Gasteiger partial charge in [-0.05, 0) is 17.7 Å². The molecule has 20 heavy (non-hydrogen) atoms. The molecule has 1 aromatic carbocycles. The van der Waals surface area contributed by atoms with Crippen molar-refractivity contribution in [2.75, 3.05) is 20.3 Å². The first-order chi connectivity index (χ1) is 9.79. The van der Waals surface area contributed by atoms with Crippen molar-refractivity contribution in [2.45, 2.75) is 17.2 Å². The fourth-order valence-electron chi connectivity index (χ4n) is 1.84. The zero-order valence-corrected chi connectivity index (χ0v) is 12.8. The van der Waals surface area contributed by atoms with Gasteiger partial charge in [-0.1, -0.05) is 12.1 Å². The van der Waals surface area contributed by atoms with Crippen molar-refractivity contribution in [1.29, 1.82) is 0 Å². The summed E-state index contributed by atoms with van der Waals surface area (Å²) in [5, 5.41) is 3.36. The van der Waals surface area contributed by atoms with E-state index in [2.05, 4.69) is 39.1 Å². The zero-order chi connectivity index (χ0) is 14.2. The monoisotopic (exact) mass is 291 g/mol. The molecule has 0 aliphatic carbocycles. The lowest BCUT2D eigenvalue weighted by Gasteiger charge is -2.07. The van der Waals surface area contributed by atoms with E-state index in [1.165, 1.54) is 10.5 Å². The van der Waals surface area contributed by atoms with Gasteiger partial charge < -0.3 is 14.6 Å². The van der Waals surface area contributed by atoms with Crippen molar-refractivity contribution < 1.29 is 4.74 Å². The molecule has 0 aliphatic heterocycles. The molecule has 0 aliphatic rings. The van der Waals surface area contributed by atoms with Crippen LogP contribution in [0.4, 0.5) is 0 Å². The third-order valence-corrected chi connectivity index (χ3v) is 3.99. The van der Waals surface area contributed by atoms with Gasteiger partial charge in [0.05, 0.1) is 12.4 Å². The maximum absolute atomic E-state index is 5.02. The molecular formula is C15H21N3OS. The van der Waals surface area contributed by atoms with Crippen LogP contribution in [0.25, 0.3) is 0 Å². The van der Waals surface area contributed by atoms with Crippen LogP contribution < -0.4 is 5.32 Å². The molecule has 1 aromatic heterocycles. The van der Waals surface area contributed by atoms with Crippen LogP contribution >= 0.6 is 11.8 Å². The van der Waals surface area contributed by atoms with Gasteiger partial charge >= 0.3 is 0 Å². The Labute approximate surface area is 124 Å². The maximum Gasteiger partial charge on any atom is 0.118 e. The summed E-state index contributed by atoms with van der Waals surface area (Å²) in [5.74, 6) is 1.99. The molecule has 2 rings (SSSR count). The first-order valence-corrected chi connectivity index (χ1v) is 7.66. The Kier molecular flexibility index (Phi) is 6.11. The van der Waals surface area contributed by atoms with Crippen LogP contribution in [0.15, 0.2) is 41.6 Å². The number of rotatable bonds is 8. The Bertz CT molecular complexity index is 527. The first kappa shape index (κ1) is 15.1. The van der Waals surface area contributed by atoms with Gasteiger partial charge in [0.15, 0.2) is 0 Å². The van der Waals surface area contributed by atoms with Crippen molar-refractivity contribution in [2.24, 2.45) is 7.05 Å². The maximum atomic E-state index is 5.02. The molecule has 1 N–H and O–H groups in total. The summed E-state index contributed by atoms with van der Waals surface area (Å²) in [7, 11) is 3.75. The normalized spacial score (nSPS) is 10.9. The van der Waals surface area contributed by atoms with Crippen molar-refractivity contribution >= 4 is 11.8 Å². The molecular weight excluding hydrogens is 270 g/mol. The molecule has 0 saturated carbocycles. The Morgan fingerprint density at radius 3 is 3.05 bits per heavy atom. The molecule has 0 unspecified atom stereocenters. The van der Waals surface area contributed by atoms with Crippen LogP contribution in [-0.4, -0.2) is 29.8 Å². The zero-order valence-electron chi connectivity index (χ0n) is 12.0. The third-order valence-electron chi connectivity index (χ3n) is 3.00.